The molecule has 0 atom stereocenters. The third kappa shape index (κ3) is 3.85. The van der Waals surface area contributed by atoms with E-state index in [9.17, 15) is 4.79 Å². The number of hydrogen-bond acceptors (Lipinski definition) is 5. The van der Waals surface area contributed by atoms with Crippen LogP contribution in [0.15, 0.2) is 24.7 Å². The Morgan fingerprint density at radius 3 is 2.38 bits per heavy atom. The van der Waals surface area contributed by atoms with Gasteiger partial charge < -0.3 is 15.1 Å². The Kier molecular flexibility index (Phi) is 5.01. The summed E-state index contributed by atoms with van der Waals surface area (Å²) in [4.78, 5) is 28.5. The lowest BCUT2D eigenvalue weighted by Gasteiger charge is -2.35. The Hall–Kier alpha value is -2.12. The summed E-state index contributed by atoms with van der Waals surface area (Å²) in [5.74, 6) is 1.35. The van der Waals surface area contributed by atoms with Gasteiger partial charge in [-0.1, -0.05) is 23.2 Å². The molecule has 0 saturated carbocycles. The van der Waals surface area contributed by atoms with Crippen molar-refractivity contribution in [2.24, 2.45) is 0 Å². The van der Waals surface area contributed by atoms with Gasteiger partial charge in [-0.3, -0.25) is 0 Å². The molecular formula is C15H16Cl2N6O. The molecule has 1 saturated heterocycles. The molecule has 0 radical (unpaired) electrons. The van der Waals surface area contributed by atoms with Crippen LogP contribution in [0.1, 0.15) is 5.82 Å². The number of halogens is 2. The lowest BCUT2D eigenvalue weighted by Crippen LogP contribution is -2.50. The first-order valence-electron chi connectivity index (χ1n) is 7.43. The van der Waals surface area contributed by atoms with E-state index in [2.05, 4.69) is 20.3 Å². The van der Waals surface area contributed by atoms with Crippen molar-refractivity contribution in [1.29, 1.82) is 0 Å². The zero-order valence-corrected chi connectivity index (χ0v) is 14.5. The molecule has 0 unspecified atom stereocenters. The number of hydrogen-bond donors (Lipinski definition) is 1. The molecule has 24 heavy (non-hydrogen) atoms. The van der Waals surface area contributed by atoms with Crippen LogP contribution in [0.3, 0.4) is 0 Å². The highest BCUT2D eigenvalue weighted by Gasteiger charge is 2.23. The van der Waals surface area contributed by atoms with Crippen LogP contribution in [0.25, 0.3) is 0 Å². The summed E-state index contributed by atoms with van der Waals surface area (Å²) in [5.41, 5.74) is 0.579. The minimum Gasteiger partial charge on any atom is -0.352 e. The van der Waals surface area contributed by atoms with Crippen molar-refractivity contribution in [2.75, 3.05) is 36.4 Å². The van der Waals surface area contributed by atoms with Crippen molar-refractivity contribution >= 4 is 40.7 Å². The van der Waals surface area contributed by atoms with Crippen molar-refractivity contribution in [1.82, 2.24) is 19.9 Å². The second kappa shape index (κ2) is 7.19. The van der Waals surface area contributed by atoms with Crippen molar-refractivity contribution < 1.29 is 4.79 Å². The van der Waals surface area contributed by atoms with Gasteiger partial charge in [-0.15, -0.1) is 0 Å². The zero-order valence-electron chi connectivity index (χ0n) is 13.0. The lowest BCUT2D eigenvalue weighted by molar-refractivity contribution is 0.208. The molecule has 1 aliphatic rings. The molecule has 2 aromatic rings. The van der Waals surface area contributed by atoms with E-state index in [-0.39, 0.29) is 6.03 Å². The Morgan fingerprint density at radius 2 is 1.75 bits per heavy atom. The number of aryl methyl sites for hydroxylation is 1. The number of rotatable bonds is 2. The third-order valence-electron chi connectivity index (χ3n) is 3.69. The molecular weight excluding hydrogens is 351 g/mol. The molecule has 1 N–H and O–H groups in total. The normalized spacial score (nSPS) is 14.6. The van der Waals surface area contributed by atoms with E-state index in [1.54, 1.807) is 36.5 Å². The second-order valence-corrected chi connectivity index (χ2v) is 6.23. The first-order chi connectivity index (χ1) is 11.5. The predicted octanol–water partition coefficient (Wildman–Crippen LogP) is 2.84. The van der Waals surface area contributed by atoms with Gasteiger partial charge in [0.05, 0.1) is 28.1 Å². The van der Waals surface area contributed by atoms with Gasteiger partial charge in [0, 0.05) is 32.4 Å². The average molecular weight is 367 g/mol. The van der Waals surface area contributed by atoms with Gasteiger partial charge >= 0.3 is 6.03 Å². The maximum atomic E-state index is 12.3. The van der Waals surface area contributed by atoms with Crippen LogP contribution in [0, 0.1) is 6.92 Å². The summed E-state index contributed by atoms with van der Waals surface area (Å²) in [6.07, 6.45) is 4.75. The number of pyridine rings is 1. The van der Waals surface area contributed by atoms with Crippen LogP contribution in [-0.2, 0) is 0 Å². The fourth-order valence-corrected chi connectivity index (χ4v) is 2.92. The topological polar surface area (TPSA) is 74.2 Å². The van der Waals surface area contributed by atoms with E-state index in [1.165, 1.54) is 0 Å². The maximum Gasteiger partial charge on any atom is 0.322 e. The van der Waals surface area contributed by atoms with E-state index in [1.807, 2.05) is 4.90 Å². The van der Waals surface area contributed by atoms with E-state index in [4.69, 9.17) is 23.2 Å². The first-order valence-corrected chi connectivity index (χ1v) is 8.19. The highest BCUT2D eigenvalue weighted by Crippen LogP contribution is 2.26. The van der Waals surface area contributed by atoms with E-state index < -0.39 is 0 Å². The van der Waals surface area contributed by atoms with Gasteiger partial charge in [0.25, 0.3) is 0 Å². The number of carbonyl (C=O) groups excluding carboxylic acids is 1. The summed E-state index contributed by atoms with van der Waals surface area (Å²) in [6.45, 7) is 4.22. The van der Waals surface area contributed by atoms with Crippen LogP contribution < -0.4 is 10.2 Å². The molecule has 7 nitrogen and oxygen atoms in total. The minimum atomic E-state index is -0.169. The molecule has 0 spiro atoms. The molecule has 126 valence electrons. The van der Waals surface area contributed by atoms with Crippen LogP contribution in [0.5, 0.6) is 0 Å². The summed E-state index contributed by atoms with van der Waals surface area (Å²) in [6, 6.07) is 1.50. The minimum absolute atomic E-state index is 0.169. The quantitative estimate of drug-likeness (QED) is 0.884. The zero-order chi connectivity index (χ0) is 17.1. The maximum absolute atomic E-state index is 12.3. The molecule has 3 rings (SSSR count). The number of carbonyl (C=O) groups is 1. The standard InChI is InChI=1S/C15H16Cl2N6O/c1-10-18-8-12(9-19-10)21-15(24)23-4-2-22(3-5-23)14-13(17)6-11(16)7-20-14/h6-9H,2-5H2,1H3,(H,21,24). The third-order valence-corrected chi connectivity index (χ3v) is 4.17. The highest BCUT2D eigenvalue weighted by atomic mass is 35.5. The predicted molar refractivity (Wildman–Crippen MR) is 93.8 cm³/mol. The average Bonchev–Trinajstić information content (AvgIpc) is 2.57. The number of urea groups is 1. The van der Waals surface area contributed by atoms with Crippen molar-refractivity contribution in [3.8, 4) is 0 Å². The molecule has 1 aliphatic heterocycles. The van der Waals surface area contributed by atoms with Crippen LogP contribution in [0.4, 0.5) is 16.3 Å². The van der Waals surface area contributed by atoms with Crippen molar-refractivity contribution in [3.63, 3.8) is 0 Å². The Balaban J connectivity index is 1.58. The molecule has 9 heteroatoms. The van der Waals surface area contributed by atoms with Crippen molar-refractivity contribution in [2.45, 2.75) is 6.92 Å². The number of aromatic nitrogens is 3. The summed E-state index contributed by atoms with van der Waals surface area (Å²) in [7, 11) is 0. The van der Waals surface area contributed by atoms with Gasteiger partial charge in [-0.2, -0.15) is 0 Å². The molecule has 0 aromatic carbocycles. The molecule has 1 fully saturated rings. The number of amides is 2. The van der Waals surface area contributed by atoms with Crippen LogP contribution in [0.2, 0.25) is 10.0 Å². The van der Waals surface area contributed by atoms with Crippen LogP contribution >= 0.6 is 23.2 Å². The fraction of sp³-hybridized carbons (Fsp3) is 0.333. The van der Waals surface area contributed by atoms with Gasteiger partial charge in [-0.05, 0) is 13.0 Å². The molecule has 0 bridgehead atoms. The smallest absolute Gasteiger partial charge is 0.322 e. The largest absolute Gasteiger partial charge is 0.352 e. The van der Waals surface area contributed by atoms with Crippen LogP contribution in [-0.4, -0.2) is 52.1 Å². The molecule has 2 amide bonds. The van der Waals surface area contributed by atoms with E-state index in [0.717, 1.165) is 0 Å². The number of anilines is 2. The Labute approximate surface area is 149 Å². The van der Waals surface area contributed by atoms with Crippen molar-refractivity contribution in [3.05, 3.63) is 40.5 Å². The monoisotopic (exact) mass is 366 g/mol. The summed E-state index contributed by atoms with van der Waals surface area (Å²) in [5, 5.41) is 3.81. The highest BCUT2D eigenvalue weighted by molar-refractivity contribution is 6.36. The van der Waals surface area contributed by atoms with E-state index >= 15 is 0 Å². The second-order valence-electron chi connectivity index (χ2n) is 5.38. The Morgan fingerprint density at radius 1 is 1.08 bits per heavy atom. The number of nitrogens with zero attached hydrogens (tertiary/aromatic N) is 5. The van der Waals surface area contributed by atoms with Gasteiger partial charge in [0.1, 0.15) is 11.6 Å². The molecule has 3 heterocycles. The first kappa shape index (κ1) is 16.7. The number of piperazine rings is 1. The number of nitrogens with one attached hydrogen (secondary N) is 1. The summed E-state index contributed by atoms with van der Waals surface area (Å²) < 4.78 is 0. The fourth-order valence-electron chi connectivity index (χ4n) is 2.42. The molecule has 2 aromatic heterocycles. The summed E-state index contributed by atoms with van der Waals surface area (Å²) >= 11 is 12.1. The molecule has 0 aliphatic carbocycles. The van der Waals surface area contributed by atoms with E-state index in [0.29, 0.717) is 53.6 Å². The Bertz CT molecular complexity index is 731. The van der Waals surface area contributed by atoms with Gasteiger partial charge in [0.15, 0.2) is 0 Å². The van der Waals surface area contributed by atoms with Gasteiger partial charge in [0.2, 0.25) is 0 Å². The lowest BCUT2D eigenvalue weighted by atomic mass is 10.3. The SMILES string of the molecule is Cc1ncc(NC(=O)N2CCN(c3ncc(Cl)cc3Cl)CC2)cn1. The van der Waals surface area contributed by atoms with Gasteiger partial charge in [-0.25, -0.2) is 19.7 Å².